The fourth-order valence-electron chi connectivity index (χ4n) is 4.26. The van der Waals surface area contributed by atoms with Gasteiger partial charge in [-0.25, -0.2) is 9.97 Å². The maximum atomic E-state index is 12.8. The van der Waals surface area contributed by atoms with E-state index in [2.05, 4.69) is 20.6 Å². The normalized spacial score (nSPS) is 15.0. The lowest BCUT2D eigenvalue weighted by Gasteiger charge is -2.34. The van der Waals surface area contributed by atoms with Gasteiger partial charge in [-0.2, -0.15) is 0 Å². The van der Waals surface area contributed by atoms with Crippen LogP contribution in [-0.2, 0) is 16.0 Å². The van der Waals surface area contributed by atoms with Crippen molar-refractivity contribution in [2.75, 3.05) is 36.8 Å². The summed E-state index contributed by atoms with van der Waals surface area (Å²) in [7, 11) is 0. The monoisotopic (exact) mass is 490 g/mol. The number of halogens is 1. The van der Waals surface area contributed by atoms with Crippen LogP contribution in [0.3, 0.4) is 0 Å². The summed E-state index contributed by atoms with van der Waals surface area (Å²) >= 11 is 6.11. The summed E-state index contributed by atoms with van der Waals surface area (Å²) in [6.07, 6.45) is 1.81. The van der Waals surface area contributed by atoms with E-state index in [1.165, 1.54) is 0 Å². The van der Waals surface area contributed by atoms with E-state index >= 15 is 0 Å². The molecule has 3 aromatic rings. The van der Waals surface area contributed by atoms with Gasteiger partial charge in [-0.05, 0) is 42.5 Å². The molecule has 0 unspecified atom stereocenters. The lowest BCUT2D eigenvalue weighted by molar-refractivity contribution is -0.130. The van der Waals surface area contributed by atoms with E-state index in [4.69, 9.17) is 11.6 Å². The van der Waals surface area contributed by atoms with Gasteiger partial charge in [0.15, 0.2) is 0 Å². The SMILES string of the molecule is CC(=O)N1CCN(C(=O)c2ccc(Nc3ncc4c(n3)-c3ccc(Cl)cc3NC(=O)C4)cc2)CC1. The average Bonchev–Trinajstić information content (AvgIpc) is 2.98. The number of hydrogen-bond donors (Lipinski definition) is 2. The van der Waals surface area contributed by atoms with Gasteiger partial charge in [-0.15, -0.1) is 0 Å². The van der Waals surface area contributed by atoms with E-state index in [1.807, 2.05) is 6.07 Å². The number of piperazine rings is 1. The maximum Gasteiger partial charge on any atom is 0.253 e. The maximum absolute atomic E-state index is 12.8. The molecule has 3 heterocycles. The number of carbonyl (C=O) groups is 3. The summed E-state index contributed by atoms with van der Waals surface area (Å²) in [6, 6.07) is 12.4. The number of carbonyl (C=O) groups excluding carboxylic acids is 3. The number of nitrogens with zero attached hydrogens (tertiary/aromatic N) is 4. The summed E-state index contributed by atoms with van der Waals surface area (Å²) in [5.41, 5.74) is 4.06. The number of hydrogen-bond acceptors (Lipinski definition) is 6. The smallest absolute Gasteiger partial charge is 0.253 e. The Balaban J connectivity index is 1.32. The third-order valence-corrected chi connectivity index (χ3v) is 6.36. The highest BCUT2D eigenvalue weighted by Crippen LogP contribution is 2.34. The Morgan fingerprint density at radius 3 is 2.46 bits per heavy atom. The molecule has 5 rings (SSSR count). The molecule has 2 aliphatic heterocycles. The second-order valence-corrected chi connectivity index (χ2v) is 8.92. The molecule has 0 radical (unpaired) electrons. The molecule has 3 amide bonds. The van der Waals surface area contributed by atoms with Crippen LogP contribution >= 0.6 is 11.6 Å². The van der Waals surface area contributed by atoms with E-state index in [0.29, 0.717) is 54.1 Å². The summed E-state index contributed by atoms with van der Waals surface area (Å²) in [6.45, 7) is 3.68. The van der Waals surface area contributed by atoms with Crippen molar-refractivity contribution in [3.8, 4) is 11.3 Å². The summed E-state index contributed by atoms with van der Waals surface area (Å²) in [5, 5.41) is 6.56. The van der Waals surface area contributed by atoms with Gasteiger partial charge in [0, 0.05) is 66.7 Å². The topological polar surface area (TPSA) is 108 Å². The van der Waals surface area contributed by atoms with Crippen LogP contribution in [0.1, 0.15) is 22.8 Å². The molecule has 0 spiro atoms. The van der Waals surface area contributed by atoms with Gasteiger partial charge in [-0.3, -0.25) is 14.4 Å². The molecule has 178 valence electrons. The molecule has 0 atom stereocenters. The standard InChI is InChI=1S/C25H23ClN6O3/c1-15(33)31-8-10-32(11-9-31)24(35)16-2-5-19(6-3-16)28-25-27-14-17-12-22(34)29-21-13-18(26)4-7-20(21)23(17)30-25/h2-7,13-14H,8-12H2,1H3,(H,29,34)(H,27,28,30). The van der Waals surface area contributed by atoms with Gasteiger partial charge in [0.1, 0.15) is 0 Å². The highest BCUT2D eigenvalue weighted by Gasteiger charge is 2.24. The van der Waals surface area contributed by atoms with Crippen LogP contribution in [-0.4, -0.2) is 63.7 Å². The Morgan fingerprint density at radius 2 is 1.74 bits per heavy atom. The van der Waals surface area contributed by atoms with Gasteiger partial charge >= 0.3 is 0 Å². The first-order valence-electron chi connectivity index (χ1n) is 11.2. The zero-order chi connectivity index (χ0) is 24.5. The Bertz CT molecular complexity index is 1320. The van der Waals surface area contributed by atoms with E-state index in [1.54, 1.807) is 59.3 Å². The molecular formula is C25H23ClN6O3. The van der Waals surface area contributed by atoms with Crippen molar-refractivity contribution < 1.29 is 14.4 Å². The lowest BCUT2D eigenvalue weighted by Crippen LogP contribution is -2.50. The highest BCUT2D eigenvalue weighted by molar-refractivity contribution is 6.31. The number of aromatic nitrogens is 2. The molecule has 0 saturated carbocycles. The number of nitrogens with one attached hydrogen (secondary N) is 2. The van der Waals surface area contributed by atoms with Crippen molar-refractivity contribution in [3.05, 3.63) is 64.8 Å². The highest BCUT2D eigenvalue weighted by atomic mass is 35.5. The average molecular weight is 491 g/mol. The molecule has 1 saturated heterocycles. The molecule has 35 heavy (non-hydrogen) atoms. The lowest BCUT2D eigenvalue weighted by atomic mass is 10.1. The van der Waals surface area contributed by atoms with Crippen LogP contribution in [0.2, 0.25) is 5.02 Å². The van der Waals surface area contributed by atoms with Crippen molar-refractivity contribution in [1.82, 2.24) is 19.8 Å². The predicted octanol–water partition coefficient (Wildman–Crippen LogP) is 3.34. The first-order valence-corrected chi connectivity index (χ1v) is 11.6. The first-order chi connectivity index (χ1) is 16.9. The predicted molar refractivity (Wildman–Crippen MR) is 133 cm³/mol. The minimum absolute atomic E-state index is 0.0303. The molecular weight excluding hydrogens is 468 g/mol. The van der Waals surface area contributed by atoms with Crippen LogP contribution in [0.5, 0.6) is 0 Å². The van der Waals surface area contributed by atoms with Crippen molar-refractivity contribution in [1.29, 1.82) is 0 Å². The Morgan fingerprint density at radius 1 is 1.03 bits per heavy atom. The molecule has 1 fully saturated rings. The van der Waals surface area contributed by atoms with E-state index < -0.39 is 0 Å². The Kier molecular flexibility index (Phi) is 6.08. The number of benzene rings is 2. The third kappa shape index (κ3) is 4.81. The second kappa shape index (κ2) is 9.34. The molecule has 10 heteroatoms. The van der Waals surface area contributed by atoms with E-state index in [0.717, 1.165) is 16.8 Å². The van der Waals surface area contributed by atoms with Crippen molar-refractivity contribution in [3.63, 3.8) is 0 Å². The fraction of sp³-hybridized carbons (Fsp3) is 0.240. The number of fused-ring (bicyclic) bond motifs is 3. The largest absolute Gasteiger partial charge is 0.339 e. The van der Waals surface area contributed by atoms with E-state index in [9.17, 15) is 14.4 Å². The number of rotatable bonds is 3. The second-order valence-electron chi connectivity index (χ2n) is 8.48. The zero-order valence-corrected chi connectivity index (χ0v) is 19.8. The number of amides is 3. The van der Waals surface area contributed by atoms with Crippen LogP contribution in [0.15, 0.2) is 48.7 Å². The van der Waals surface area contributed by atoms with Gasteiger partial charge < -0.3 is 20.4 Å². The summed E-state index contributed by atoms with van der Waals surface area (Å²) < 4.78 is 0. The molecule has 1 aromatic heterocycles. The van der Waals surface area contributed by atoms with Crippen LogP contribution in [0.25, 0.3) is 11.3 Å². The molecule has 9 nitrogen and oxygen atoms in total. The summed E-state index contributed by atoms with van der Waals surface area (Å²) in [5.74, 6) is 0.189. The minimum Gasteiger partial charge on any atom is -0.339 e. The number of anilines is 3. The Hall–Kier alpha value is -3.98. The molecule has 2 aromatic carbocycles. The van der Waals surface area contributed by atoms with Crippen LogP contribution in [0.4, 0.5) is 17.3 Å². The quantitative estimate of drug-likeness (QED) is 0.583. The van der Waals surface area contributed by atoms with E-state index in [-0.39, 0.29) is 24.1 Å². The van der Waals surface area contributed by atoms with Gasteiger partial charge in [0.2, 0.25) is 17.8 Å². The molecule has 2 aliphatic rings. The van der Waals surface area contributed by atoms with Gasteiger partial charge in [-0.1, -0.05) is 11.6 Å². The van der Waals surface area contributed by atoms with Crippen LogP contribution < -0.4 is 10.6 Å². The van der Waals surface area contributed by atoms with Gasteiger partial charge in [0.05, 0.1) is 17.8 Å². The van der Waals surface area contributed by atoms with Gasteiger partial charge in [0.25, 0.3) is 5.91 Å². The van der Waals surface area contributed by atoms with Crippen molar-refractivity contribution in [2.45, 2.75) is 13.3 Å². The molecule has 0 aliphatic carbocycles. The minimum atomic E-state index is -0.153. The summed E-state index contributed by atoms with van der Waals surface area (Å²) in [4.78, 5) is 49.1. The Labute approximate surface area is 207 Å². The first kappa shape index (κ1) is 22.8. The molecule has 2 N–H and O–H groups in total. The van der Waals surface area contributed by atoms with Crippen molar-refractivity contribution >= 4 is 46.6 Å². The zero-order valence-electron chi connectivity index (χ0n) is 19.0. The van der Waals surface area contributed by atoms with Crippen LogP contribution in [0, 0.1) is 0 Å². The van der Waals surface area contributed by atoms with Crippen molar-refractivity contribution in [2.24, 2.45) is 0 Å². The molecule has 0 bridgehead atoms. The fourth-order valence-corrected chi connectivity index (χ4v) is 4.43. The third-order valence-electron chi connectivity index (χ3n) is 6.13.